The highest BCUT2D eigenvalue weighted by molar-refractivity contribution is 5.89. The molecule has 1 atom stereocenters. The molecular formula is C9H15NO3. The van der Waals surface area contributed by atoms with Crippen molar-refractivity contribution in [2.75, 3.05) is 6.61 Å². The Morgan fingerprint density at radius 2 is 2.23 bits per heavy atom. The number of nitrogens with one attached hydrogen (secondary N) is 1. The molecule has 13 heavy (non-hydrogen) atoms. The minimum absolute atomic E-state index is 0.0476. The van der Waals surface area contributed by atoms with Crippen LogP contribution in [-0.2, 0) is 14.3 Å². The lowest BCUT2D eigenvalue weighted by Gasteiger charge is -2.33. The summed E-state index contributed by atoms with van der Waals surface area (Å²) in [4.78, 5) is 22.2. The first-order chi connectivity index (χ1) is 5.91. The van der Waals surface area contributed by atoms with Gasteiger partial charge in [-0.05, 0) is 13.8 Å². The second-order valence-corrected chi connectivity index (χ2v) is 3.97. The zero-order chi connectivity index (χ0) is 10.1. The molecule has 1 unspecified atom stereocenters. The number of hydrogen-bond donors (Lipinski definition) is 1. The summed E-state index contributed by atoms with van der Waals surface area (Å²) >= 11 is 0. The third kappa shape index (κ3) is 2.81. The fourth-order valence-electron chi connectivity index (χ4n) is 1.36. The van der Waals surface area contributed by atoms with Crippen molar-refractivity contribution >= 4 is 11.7 Å². The number of Topliss-reactive ketones (excluding diaryl/α,β-unsaturated/α-hetero) is 1. The zero-order valence-electron chi connectivity index (χ0n) is 8.22. The largest absolute Gasteiger partial charge is 0.373 e. The third-order valence-corrected chi connectivity index (χ3v) is 2.01. The van der Waals surface area contributed by atoms with Gasteiger partial charge >= 0.3 is 0 Å². The van der Waals surface area contributed by atoms with Gasteiger partial charge in [-0.2, -0.15) is 0 Å². The van der Waals surface area contributed by atoms with Crippen LogP contribution >= 0.6 is 0 Å². The average molecular weight is 185 g/mol. The van der Waals surface area contributed by atoms with Crippen LogP contribution in [0.3, 0.4) is 0 Å². The van der Waals surface area contributed by atoms with E-state index in [1.165, 1.54) is 6.92 Å². The normalized spacial score (nSPS) is 27.0. The maximum absolute atomic E-state index is 11.5. The van der Waals surface area contributed by atoms with Crippen LogP contribution in [-0.4, -0.2) is 29.9 Å². The number of rotatable bonds is 1. The fourth-order valence-corrected chi connectivity index (χ4v) is 1.36. The average Bonchev–Trinajstić information content (AvgIpc) is 1.93. The highest BCUT2D eigenvalue weighted by atomic mass is 16.5. The van der Waals surface area contributed by atoms with E-state index >= 15 is 0 Å². The molecule has 0 bridgehead atoms. The van der Waals surface area contributed by atoms with Crippen molar-refractivity contribution in [3.05, 3.63) is 0 Å². The van der Waals surface area contributed by atoms with Crippen molar-refractivity contribution in [3.8, 4) is 0 Å². The van der Waals surface area contributed by atoms with Gasteiger partial charge in [0.25, 0.3) is 0 Å². The van der Waals surface area contributed by atoms with Crippen LogP contribution in [0.2, 0.25) is 0 Å². The molecule has 1 N–H and O–H groups in total. The molecule has 0 saturated carbocycles. The molecule has 0 radical (unpaired) electrons. The SMILES string of the molecule is CC(=O)NC1COC(C)(C)CC1=O. The Morgan fingerprint density at radius 3 is 2.69 bits per heavy atom. The molecule has 0 aromatic rings. The summed E-state index contributed by atoms with van der Waals surface area (Å²) in [6.07, 6.45) is 0.359. The Kier molecular flexibility index (Phi) is 2.71. The summed E-state index contributed by atoms with van der Waals surface area (Å²) in [5, 5.41) is 2.56. The van der Waals surface area contributed by atoms with Crippen molar-refractivity contribution in [1.82, 2.24) is 5.32 Å². The van der Waals surface area contributed by atoms with Crippen LogP contribution in [0.5, 0.6) is 0 Å². The number of ether oxygens (including phenoxy) is 1. The van der Waals surface area contributed by atoms with Gasteiger partial charge < -0.3 is 10.1 Å². The Labute approximate surface area is 77.6 Å². The van der Waals surface area contributed by atoms with Gasteiger partial charge in [0, 0.05) is 13.3 Å². The van der Waals surface area contributed by atoms with Gasteiger partial charge in [-0.3, -0.25) is 9.59 Å². The lowest BCUT2D eigenvalue weighted by Crippen LogP contribution is -2.51. The second kappa shape index (κ2) is 3.46. The zero-order valence-corrected chi connectivity index (χ0v) is 8.22. The predicted molar refractivity (Wildman–Crippen MR) is 47.3 cm³/mol. The van der Waals surface area contributed by atoms with Crippen LogP contribution < -0.4 is 5.32 Å². The maximum atomic E-state index is 11.5. The van der Waals surface area contributed by atoms with E-state index in [1.54, 1.807) is 0 Å². The van der Waals surface area contributed by atoms with Gasteiger partial charge in [-0.15, -0.1) is 0 Å². The van der Waals surface area contributed by atoms with E-state index in [-0.39, 0.29) is 23.9 Å². The standard InChI is InChI=1S/C9H15NO3/c1-6(11)10-7-5-13-9(2,3)4-8(7)12/h7H,4-5H2,1-3H3,(H,10,11). The van der Waals surface area contributed by atoms with Crippen molar-refractivity contribution in [2.45, 2.75) is 38.8 Å². The Balaban J connectivity index is 2.54. The number of hydrogen-bond acceptors (Lipinski definition) is 3. The van der Waals surface area contributed by atoms with Gasteiger partial charge in [-0.1, -0.05) is 0 Å². The second-order valence-electron chi connectivity index (χ2n) is 3.97. The first-order valence-corrected chi connectivity index (χ1v) is 4.34. The maximum Gasteiger partial charge on any atom is 0.217 e. The smallest absolute Gasteiger partial charge is 0.217 e. The predicted octanol–water partition coefficient (Wildman–Crippen LogP) is 0.259. The fraction of sp³-hybridized carbons (Fsp3) is 0.778. The first-order valence-electron chi connectivity index (χ1n) is 4.34. The molecular weight excluding hydrogens is 170 g/mol. The summed E-state index contributed by atoms with van der Waals surface area (Å²) in [6.45, 7) is 5.42. The highest BCUT2D eigenvalue weighted by Gasteiger charge is 2.34. The molecule has 4 nitrogen and oxygen atoms in total. The van der Waals surface area contributed by atoms with E-state index in [2.05, 4.69) is 5.32 Å². The van der Waals surface area contributed by atoms with Gasteiger partial charge in [0.2, 0.25) is 5.91 Å². The Morgan fingerprint density at radius 1 is 1.62 bits per heavy atom. The number of amides is 1. The highest BCUT2D eigenvalue weighted by Crippen LogP contribution is 2.21. The Bertz CT molecular complexity index is 235. The minimum Gasteiger partial charge on any atom is -0.373 e. The molecule has 0 aromatic carbocycles. The molecule has 1 amide bonds. The quantitative estimate of drug-likeness (QED) is 0.637. The van der Waals surface area contributed by atoms with E-state index in [4.69, 9.17) is 4.74 Å². The molecule has 0 aromatic heterocycles. The molecule has 1 fully saturated rings. The van der Waals surface area contributed by atoms with Gasteiger partial charge in [-0.25, -0.2) is 0 Å². The molecule has 74 valence electrons. The molecule has 4 heteroatoms. The molecule has 1 rings (SSSR count). The van der Waals surface area contributed by atoms with E-state index in [9.17, 15) is 9.59 Å². The van der Waals surface area contributed by atoms with Gasteiger partial charge in [0.05, 0.1) is 12.2 Å². The van der Waals surface area contributed by atoms with Gasteiger partial charge in [0.15, 0.2) is 5.78 Å². The molecule has 0 aliphatic carbocycles. The molecule has 0 spiro atoms. The van der Waals surface area contributed by atoms with Crippen LogP contribution in [0.1, 0.15) is 27.2 Å². The van der Waals surface area contributed by atoms with Crippen LogP contribution in [0.15, 0.2) is 0 Å². The van der Waals surface area contributed by atoms with Crippen LogP contribution in [0.25, 0.3) is 0 Å². The molecule has 1 aliphatic heterocycles. The minimum atomic E-state index is -0.453. The summed E-state index contributed by atoms with van der Waals surface area (Å²) in [5.41, 5.74) is -0.383. The molecule has 1 aliphatic rings. The van der Waals surface area contributed by atoms with E-state index in [0.717, 1.165) is 0 Å². The lowest BCUT2D eigenvalue weighted by molar-refractivity contribution is -0.143. The Hall–Kier alpha value is -0.900. The summed E-state index contributed by atoms with van der Waals surface area (Å²) in [6, 6.07) is -0.453. The van der Waals surface area contributed by atoms with E-state index in [0.29, 0.717) is 6.42 Å². The number of carbonyl (C=O) groups excluding carboxylic acids is 2. The monoisotopic (exact) mass is 185 g/mol. The van der Waals surface area contributed by atoms with Crippen molar-refractivity contribution in [1.29, 1.82) is 0 Å². The van der Waals surface area contributed by atoms with Gasteiger partial charge in [0.1, 0.15) is 6.04 Å². The summed E-state index contributed by atoms with van der Waals surface area (Å²) in [5.74, 6) is -0.145. The van der Waals surface area contributed by atoms with Crippen LogP contribution in [0.4, 0.5) is 0 Å². The molecule has 1 heterocycles. The summed E-state index contributed by atoms with van der Waals surface area (Å²) in [7, 11) is 0. The van der Waals surface area contributed by atoms with E-state index < -0.39 is 6.04 Å². The number of ketones is 1. The molecule has 1 saturated heterocycles. The third-order valence-electron chi connectivity index (χ3n) is 2.01. The van der Waals surface area contributed by atoms with Crippen molar-refractivity contribution in [3.63, 3.8) is 0 Å². The lowest BCUT2D eigenvalue weighted by atomic mass is 9.94. The first kappa shape index (κ1) is 10.2. The van der Waals surface area contributed by atoms with Crippen molar-refractivity contribution in [2.24, 2.45) is 0 Å². The topological polar surface area (TPSA) is 55.4 Å². The summed E-state index contributed by atoms with van der Waals surface area (Å²) < 4.78 is 5.41. The van der Waals surface area contributed by atoms with Crippen molar-refractivity contribution < 1.29 is 14.3 Å². The number of carbonyl (C=O) groups is 2. The van der Waals surface area contributed by atoms with E-state index in [1.807, 2.05) is 13.8 Å². The van der Waals surface area contributed by atoms with Crippen LogP contribution in [0, 0.1) is 0 Å².